The lowest BCUT2D eigenvalue weighted by Gasteiger charge is -2.03. The normalized spacial score (nSPS) is 11.4. The number of halogens is 2. The Morgan fingerprint density at radius 3 is 1.25 bits per heavy atom. The van der Waals surface area contributed by atoms with E-state index in [-0.39, 0.29) is 11.5 Å². The molecule has 0 aromatic heterocycles. The molecule has 0 atom stereocenters. The lowest BCUT2D eigenvalue weighted by molar-refractivity contribution is 0.471. The quantitative estimate of drug-likeness (QED) is 0.249. The molecule has 0 aliphatic heterocycles. The number of rotatable bonds is 5. The summed E-state index contributed by atoms with van der Waals surface area (Å²) in [5, 5.41) is 19.2. The monoisotopic (exact) mass is 548 g/mol. The van der Waals surface area contributed by atoms with Crippen LogP contribution in [0.25, 0.3) is 11.1 Å². The molecule has 0 heterocycles. The number of hydrogen-bond donors (Lipinski definition) is 2. The van der Waals surface area contributed by atoms with Gasteiger partial charge in [-0.15, -0.1) is 0 Å². The zero-order chi connectivity index (χ0) is 22.5. The molecular weight excluding hydrogens is 532 g/mol. The molecule has 4 rings (SSSR count). The molecule has 6 heteroatoms. The molecule has 0 spiro atoms. The first-order chi connectivity index (χ1) is 15.5. The summed E-state index contributed by atoms with van der Waals surface area (Å²) in [6.45, 7) is 0. The van der Waals surface area contributed by atoms with Crippen molar-refractivity contribution in [3.63, 3.8) is 0 Å². The number of nitrogens with zero attached hydrogens (tertiary/aromatic N) is 2. The van der Waals surface area contributed by atoms with Crippen molar-refractivity contribution in [3.8, 4) is 22.6 Å². The van der Waals surface area contributed by atoms with Crippen LogP contribution in [0.4, 0.5) is 11.4 Å². The SMILES string of the molecule is Oc1ccc(C=Nc2ccc(-c3ccc(N=Cc4ccc(O)c(Br)c4)cc3)cc2)cc1Br. The highest BCUT2D eigenvalue weighted by molar-refractivity contribution is 9.10. The van der Waals surface area contributed by atoms with Crippen molar-refractivity contribution in [2.75, 3.05) is 0 Å². The molecule has 0 amide bonds. The second-order valence-corrected chi connectivity index (χ2v) is 8.74. The molecule has 4 aromatic carbocycles. The van der Waals surface area contributed by atoms with E-state index in [4.69, 9.17) is 0 Å². The van der Waals surface area contributed by atoms with Crippen LogP contribution in [0.15, 0.2) is 104 Å². The van der Waals surface area contributed by atoms with Crippen molar-refractivity contribution in [2.45, 2.75) is 0 Å². The highest BCUT2D eigenvalue weighted by atomic mass is 79.9. The lowest BCUT2D eigenvalue weighted by atomic mass is 10.1. The Kier molecular flexibility index (Phi) is 6.83. The molecule has 4 nitrogen and oxygen atoms in total. The van der Waals surface area contributed by atoms with Gasteiger partial charge in [-0.2, -0.15) is 0 Å². The Hall–Kier alpha value is -3.22. The van der Waals surface area contributed by atoms with Gasteiger partial charge in [-0.1, -0.05) is 24.3 Å². The molecule has 2 N–H and O–H groups in total. The summed E-state index contributed by atoms with van der Waals surface area (Å²) in [6.07, 6.45) is 3.53. The number of benzene rings is 4. The van der Waals surface area contributed by atoms with Crippen LogP contribution >= 0.6 is 31.9 Å². The lowest BCUT2D eigenvalue weighted by Crippen LogP contribution is -1.82. The van der Waals surface area contributed by atoms with Crippen molar-refractivity contribution in [2.24, 2.45) is 9.98 Å². The molecule has 0 saturated heterocycles. The Balaban J connectivity index is 1.43. The fourth-order valence-corrected chi connectivity index (χ4v) is 3.78. The minimum atomic E-state index is 0.205. The molecule has 0 bridgehead atoms. The van der Waals surface area contributed by atoms with Crippen LogP contribution in [0.5, 0.6) is 11.5 Å². The minimum Gasteiger partial charge on any atom is -0.507 e. The van der Waals surface area contributed by atoms with Crippen molar-refractivity contribution in [1.82, 2.24) is 0 Å². The Bertz CT molecular complexity index is 1200. The third-order valence-corrected chi connectivity index (χ3v) is 6.01. The number of hydrogen-bond acceptors (Lipinski definition) is 4. The fraction of sp³-hybridized carbons (Fsp3) is 0. The van der Waals surface area contributed by atoms with Crippen molar-refractivity contribution in [3.05, 3.63) is 105 Å². The van der Waals surface area contributed by atoms with Crippen LogP contribution in [0.3, 0.4) is 0 Å². The smallest absolute Gasteiger partial charge is 0.129 e. The van der Waals surface area contributed by atoms with Gasteiger partial charge in [0.25, 0.3) is 0 Å². The maximum absolute atomic E-state index is 9.58. The standard InChI is InChI=1S/C26H18Br2N2O2/c27-23-13-17(1-11-25(23)31)15-29-21-7-3-19(4-8-21)20-5-9-22(10-6-20)30-16-18-2-12-26(32)24(28)14-18/h1-16,31-32H. The van der Waals surface area contributed by atoms with Crippen molar-refractivity contribution < 1.29 is 10.2 Å². The van der Waals surface area contributed by atoms with Crippen LogP contribution < -0.4 is 0 Å². The summed E-state index contributed by atoms with van der Waals surface area (Å²) in [5.74, 6) is 0.410. The predicted molar refractivity (Wildman–Crippen MR) is 138 cm³/mol. The molecule has 158 valence electrons. The summed E-state index contributed by atoms with van der Waals surface area (Å²) >= 11 is 6.62. The molecular formula is C26H18Br2N2O2. The number of aromatic hydroxyl groups is 2. The summed E-state index contributed by atoms with van der Waals surface area (Å²) < 4.78 is 1.28. The van der Waals surface area contributed by atoms with Crippen molar-refractivity contribution >= 4 is 55.7 Å². The molecule has 0 unspecified atom stereocenters. The molecule has 0 radical (unpaired) electrons. The van der Waals surface area contributed by atoms with Gasteiger partial charge >= 0.3 is 0 Å². The average Bonchev–Trinajstić information content (AvgIpc) is 2.81. The van der Waals surface area contributed by atoms with E-state index in [1.54, 1.807) is 24.6 Å². The Morgan fingerprint density at radius 1 is 0.531 bits per heavy atom. The van der Waals surface area contributed by atoms with E-state index in [2.05, 4.69) is 41.8 Å². The average molecular weight is 550 g/mol. The van der Waals surface area contributed by atoms with E-state index in [1.165, 1.54) is 0 Å². The van der Waals surface area contributed by atoms with Gasteiger partial charge < -0.3 is 10.2 Å². The zero-order valence-corrected chi connectivity index (χ0v) is 20.0. The van der Waals surface area contributed by atoms with Gasteiger partial charge in [0, 0.05) is 12.4 Å². The van der Waals surface area contributed by atoms with Gasteiger partial charge in [0.2, 0.25) is 0 Å². The molecule has 0 fully saturated rings. The number of phenolic OH excluding ortho intramolecular Hbond substituents is 2. The zero-order valence-electron chi connectivity index (χ0n) is 16.8. The van der Waals surface area contributed by atoms with Crippen LogP contribution in [-0.2, 0) is 0 Å². The topological polar surface area (TPSA) is 65.2 Å². The fourth-order valence-electron chi connectivity index (χ4n) is 2.98. The molecule has 0 aliphatic rings. The third kappa shape index (κ3) is 5.52. The van der Waals surface area contributed by atoms with Gasteiger partial charge in [0.1, 0.15) is 11.5 Å². The van der Waals surface area contributed by atoms with Gasteiger partial charge in [-0.3, -0.25) is 9.98 Å². The van der Waals surface area contributed by atoms with Gasteiger partial charge in [0.15, 0.2) is 0 Å². The minimum absolute atomic E-state index is 0.205. The van der Waals surface area contributed by atoms with E-state index in [9.17, 15) is 10.2 Å². The first kappa shape index (κ1) is 22.0. The summed E-state index contributed by atoms with van der Waals surface area (Å²) in [7, 11) is 0. The third-order valence-electron chi connectivity index (χ3n) is 4.74. The summed E-state index contributed by atoms with van der Waals surface area (Å²) in [6, 6.07) is 26.5. The maximum atomic E-state index is 9.58. The second kappa shape index (κ2) is 9.94. The number of phenols is 2. The van der Waals surface area contributed by atoms with E-state index < -0.39 is 0 Å². The second-order valence-electron chi connectivity index (χ2n) is 7.03. The van der Waals surface area contributed by atoms with E-state index in [1.807, 2.05) is 72.8 Å². The molecule has 0 saturated carbocycles. The van der Waals surface area contributed by atoms with E-state index >= 15 is 0 Å². The van der Waals surface area contributed by atoms with Gasteiger partial charge in [-0.05, 0) is 115 Å². The van der Waals surface area contributed by atoms with Gasteiger partial charge in [-0.25, -0.2) is 0 Å². The Labute approximate surface area is 202 Å². The highest BCUT2D eigenvalue weighted by Gasteiger charge is 2.01. The van der Waals surface area contributed by atoms with E-state index in [0.29, 0.717) is 8.95 Å². The van der Waals surface area contributed by atoms with Crippen LogP contribution in [0.1, 0.15) is 11.1 Å². The number of aliphatic imine (C=N–C) groups is 2. The first-order valence-electron chi connectivity index (χ1n) is 9.73. The Morgan fingerprint density at radius 2 is 0.906 bits per heavy atom. The largest absolute Gasteiger partial charge is 0.507 e. The van der Waals surface area contributed by atoms with Crippen LogP contribution in [0, 0.1) is 0 Å². The first-order valence-corrected chi connectivity index (χ1v) is 11.3. The van der Waals surface area contributed by atoms with Gasteiger partial charge in [0.05, 0.1) is 20.3 Å². The van der Waals surface area contributed by atoms with Crippen LogP contribution in [0.2, 0.25) is 0 Å². The van der Waals surface area contributed by atoms with Crippen molar-refractivity contribution in [1.29, 1.82) is 0 Å². The predicted octanol–water partition coefficient (Wildman–Crippen LogP) is 7.79. The maximum Gasteiger partial charge on any atom is 0.129 e. The summed E-state index contributed by atoms with van der Waals surface area (Å²) in [4.78, 5) is 8.99. The van der Waals surface area contributed by atoms with E-state index in [0.717, 1.165) is 33.6 Å². The molecule has 32 heavy (non-hydrogen) atoms. The van der Waals surface area contributed by atoms with Crippen LogP contribution in [-0.4, -0.2) is 22.6 Å². The highest BCUT2D eigenvalue weighted by Crippen LogP contribution is 2.27. The summed E-state index contributed by atoms with van der Waals surface area (Å²) in [5.41, 5.74) is 5.67. The molecule has 4 aromatic rings. The molecule has 0 aliphatic carbocycles.